The third kappa shape index (κ3) is 4.32. The minimum Gasteiger partial charge on any atom is -0.354 e. The maximum Gasteiger partial charge on any atom is 0.241 e. The summed E-state index contributed by atoms with van der Waals surface area (Å²) in [4.78, 5) is 15.9. The lowest BCUT2D eigenvalue weighted by Crippen LogP contribution is -2.35. The Bertz CT molecular complexity index is 526. The summed E-state index contributed by atoms with van der Waals surface area (Å²) in [6.07, 6.45) is 2.04. The van der Waals surface area contributed by atoms with Crippen molar-refractivity contribution in [3.8, 4) is 0 Å². The Kier molecular flexibility index (Phi) is 6.14. The van der Waals surface area contributed by atoms with Crippen molar-refractivity contribution in [2.75, 3.05) is 6.54 Å². The molecule has 0 aliphatic heterocycles. The molecule has 1 unspecified atom stereocenters. The molecule has 1 amide bonds. The average Bonchev–Trinajstić information content (AvgIpc) is 2.92. The predicted octanol–water partition coefficient (Wildman–Crippen LogP) is 0.894. The van der Waals surface area contributed by atoms with E-state index in [4.69, 9.17) is 5.73 Å². The minimum absolute atomic E-state index is 0. The molecule has 2 aromatic rings. The summed E-state index contributed by atoms with van der Waals surface area (Å²) in [5.41, 5.74) is 7.85. The molecule has 2 rings (SSSR count). The Balaban J connectivity index is 0.00000200. The zero-order valence-electron chi connectivity index (χ0n) is 11.2. The van der Waals surface area contributed by atoms with E-state index >= 15 is 0 Å². The van der Waals surface area contributed by atoms with Gasteiger partial charge in [-0.3, -0.25) is 9.89 Å². The van der Waals surface area contributed by atoms with Gasteiger partial charge in [0, 0.05) is 13.0 Å². The number of nitrogens with two attached hydrogens (primary N) is 1. The topological polar surface area (TPSA) is 96.7 Å². The van der Waals surface area contributed by atoms with Gasteiger partial charge in [0.2, 0.25) is 5.91 Å². The monoisotopic (exact) mass is 295 g/mol. The van der Waals surface area contributed by atoms with Crippen molar-refractivity contribution in [2.24, 2.45) is 5.73 Å². The number of rotatable bonds is 5. The average molecular weight is 296 g/mol. The second-order valence-corrected chi connectivity index (χ2v) is 4.36. The fraction of sp³-hybridized carbons (Fsp3) is 0.308. The van der Waals surface area contributed by atoms with E-state index < -0.39 is 6.04 Å². The number of aryl methyl sites for hydroxylation is 1. The van der Waals surface area contributed by atoms with Crippen LogP contribution in [0, 0.1) is 6.92 Å². The third-order valence-corrected chi connectivity index (χ3v) is 2.84. The first-order valence-electron chi connectivity index (χ1n) is 6.11. The van der Waals surface area contributed by atoms with Gasteiger partial charge in [-0.05, 0) is 12.5 Å². The van der Waals surface area contributed by atoms with Gasteiger partial charge in [-0.15, -0.1) is 12.4 Å². The van der Waals surface area contributed by atoms with Crippen LogP contribution >= 0.6 is 12.4 Å². The SMILES string of the molecule is Cc1ccc(C(N)C(=O)NCCc2ncn[nH]2)cc1.Cl. The zero-order chi connectivity index (χ0) is 13.7. The van der Waals surface area contributed by atoms with Gasteiger partial charge in [0.25, 0.3) is 0 Å². The Labute approximate surface area is 123 Å². The quantitative estimate of drug-likeness (QED) is 0.763. The summed E-state index contributed by atoms with van der Waals surface area (Å²) >= 11 is 0. The molecule has 1 aromatic heterocycles. The predicted molar refractivity (Wildman–Crippen MR) is 78.5 cm³/mol. The van der Waals surface area contributed by atoms with E-state index in [1.54, 1.807) is 0 Å². The van der Waals surface area contributed by atoms with E-state index in [2.05, 4.69) is 20.5 Å². The largest absolute Gasteiger partial charge is 0.354 e. The van der Waals surface area contributed by atoms with Crippen molar-refractivity contribution in [2.45, 2.75) is 19.4 Å². The van der Waals surface area contributed by atoms with Gasteiger partial charge in [-0.25, -0.2) is 4.98 Å². The summed E-state index contributed by atoms with van der Waals surface area (Å²) in [5.74, 6) is 0.549. The molecule has 7 heteroatoms. The summed E-state index contributed by atoms with van der Waals surface area (Å²) in [7, 11) is 0. The molecule has 0 aliphatic carbocycles. The Morgan fingerprint density at radius 1 is 1.40 bits per heavy atom. The van der Waals surface area contributed by atoms with Crippen LogP contribution in [0.5, 0.6) is 0 Å². The van der Waals surface area contributed by atoms with Crippen LogP contribution in [0.3, 0.4) is 0 Å². The van der Waals surface area contributed by atoms with Gasteiger partial charge in [-0.1, -0.05) is 29.8 Å². The number of carbonyl (C=O) groups is 1. The van der Waals surface area contributed by atoms with Gasteiger partial charge in [0.05, 0.1) is 0 Å². The van der Waals surface area contributed by atoms with Crippen LogP contribution in [0.15, 0.2) is 30.6 Å². The number of hydrogen-bond donors (Lipinski definition) is 3. The number of benzene rings is 1. The molecule has 1 heterocycles. The van der Waals surface area contributed by atoms with Crippen molar-refractivity contribution in [3.63, 3.8) is 0 Å². The van der Waals surface area contributed by atoms with Crippen molar-refractivity contribution in [1.29, 1.82) is 0 Å². The Hall–Kier alpha value is -1.92. The van der Waals surface area contributed by atoms with E-state index in [0.29, 0.717) is 13.0 Å². The Morgan fingerprint density at radius 3 is 2.70 bits per heavy atom. The van der Waals surface area contributed by atoms with Crippen LogP contribution < -0.4 is 11.1 Å². The molecule has 0 spiro atoms. The number of nitrogens with one attached hydrogen (secondary N) is 2. The molecule has 1 aromatic carbocycles. The third-order valence-electron chi connectivity index (χ3n) is 2.84. The second kappa shape index (κ2) is 7.62. The molecular formula is C13H18ClN5O. The molecule has 0 saturated carbocycles. The van der Waals surface area contributed by atoms with Crippen molar-refractivity contribution in [1.82, 2.24) is 20.5 Å². The molecule has 4 N–H and O–H groups in total. The number of H-pyrrole nitrogens is 1. The van der Waals surface area contributed by atoms with E-state index in [1.165, 1.54) is 6.33 Å². The number of aromatic nitrogens is 3. The van der Waals surface area contributed by atoms with E-state index in [9.17, 15) is 4.79 Å². The number of halogens is 1. The minimum atomic E-state index is -0.643. The lowest BCUT2D eigenvalue weighted by Gasteiger charge is -2.12. The lowest BCUT2D eigenvalue weighted by molar-refractivity contribution is -0.122. The van der Waals surface area contributed by atoms with Crippen molar-refractivity contribution in [3.05, 3.63) is 47.5 Å². The van der Waals surface area contributed by atoms with Gasteiger partial charge in [0.1, 0.15) is 18.2 Å². The molecule has 0 bridgehead atoms. The van der Waals surface area contributed by atoms with Gasteiger partial charge in [-0.2, -0.15) is 5.10 Å². The first-order chi connectivity index (χ1) is 9.16. The second-order valence-electron chi connectivity index (χ2n) is 4.36. The van der Waals surface area contributed by atoms with Crippen LogP contribution in [-0.2, 0) is 11.2 Å². The van der Waals surface area contributed by atoms with E-state index in [1.807, 2.05) is 31.2 Å². The van der Waals surface area contributed by atoms with Gasteiger partial charge >= 0.3 is 0 Å². The molecule has 0 fully saturated rings. The molecule has 0 saturated heterocycles. The molecular weight excluding hydrogens is 278 g/mol. The number of aromatic amines is 1. The molecule has 108 valence electrons. The van der Waals surface area contributed by atoms with E-state index in [0.717, 1.165) is 17.0 Å². The van der Waals surface area contributed by atoms with Crippen LogP contribution in [0.1, 0.15) is 23.0 Å². The van der Waals surface area contributed by atoms with E-state index in [-0.39, 0.29) is 18.3 Å². The van der Waals surface area contributed by atoms with Gasteiger partial charge in [0.15, 0.2) is 0 Å². The summed E-state index contributed by atoms with van der Waals surface area (Å²) < 4.78 is 0. The number of hydrogen-bond acceptors (Lipinski definition) is 4. The summed E-state index contributed by atoms with van der Waals surface area (Å²) in [6.45, 7) is 2.47. The lowest BCUT2D eigenvalue weighted by atomic mass is 10.1. The Morgan fingerprint density at radius 2 is 2.10 bits per heavy atom. The highest BCUT2D eigenvalue weighted by molar-refractivity contribution is 5.85. The fourth-order valence-corrected chi connectivity index (χ4v) is 1.69. The van der Waals surface area contributed by atoms with Crippen LogP contribution in [0.2, 0.25) is 0 Å². The molecule has 0 radical (unpaired) electrons. The summed E-state index contributed by atoms with van der Waals surface area (Å²) in [6, 6.07) is 6.98. The van der Waals surface area contributed by atoms with Gasteiger partial charge < -0.3 is 11.1 Å². The fourth-order valence-electron chi connectivity index (χ4n) is 1.69. The highest BCUT2D eigenvalue weighted by Crippen LogP contribution is 2.11. The number of amides is 1. The molecule has 20 heavy (non-hydrogen) atoms. The zero-order valence-corrected chi connectivity index (χ0v) is 12.0. The first kappa shape index (κ1) is 16.1. The number of nitrogens with zero attached hydrogens (tertiary/aromatic N) is 2. The van der Waals surface area contributed by atoms with Crippen LogP contribution in [-0.4, -0.2) is 27.6 Å². The molecule has 1 atom stereocenters. The highest BCUT2D eigenvalue weighted by Gasteiger charge is 2.14. The molecule has 0 aliphatic rings. The molecule has 6 nitrogen and oxygen atoms in total. The normalized spacial score (nSPS) is 11.5. The van der Waals surface area contributed by atoms with Crippen LogP contribution in [0.25, 0.3) is 0 Å². The summed E-state index contributed by atoms with van der Waals surface area (Å²) in [5, 5.41) is 9.25. The first-order valence-corrected chi connectivity index (χ1v) is 6.11. The standard InChI is InChI=1S/C13H17N5O.ClH/c1-9-2-4-10(5-3-9)12(14)13(19)15-7-6-11-16-8-17-18-11;/h2-5,8,12H,6-7,14H2,1H3,(H,15,19)(H,16,17,18);1H. The maximum absolute atomic E-state index is 11.9. The van der Waals surface area contributed by atoms with Crippen LogP contribution in [0.4, 0.5) is 0 Å². The van der Waals surface area contributed by atoms with Crippen molar-refractivity contribution >= 4 is 18.3 Å². The maximum atomic E-state index is 11.9. The van der Waals surface area contributed by atoms with Crippen molar-refractivity contribution < 1.29 is 4.79 Å². The highest BCUT2D eigenvalue weighted by atomic mass is 35.5. The smallest absolute Gasteiger partial charge is 0.241 e. The number of carbonyl (C=O) groups excluding carboxylic acids is 1.